The predicted octanol–water partition coefficient (Wildman–Crippen LogP) is 2.16. The number of nitrogens with one attached hydrogen (secondary N) is 1. The zero-order valence-corrected chi connectivity index (χ0v) is 12.7. The first-order chi connectivity index (χ1) is 10.8. The van der Waals surface area contributed by atoms with Crippen LogP contribution in [0.15, 0.2) is 30.6 Å². The molecule has 2 aromatic rings. The molecule has 1 aromatic heterocycles. The molecule has 3 rings (SSSR count). The number of hydrogen-bond acceptors (Lipinski definition) is 6. The van der Waals surface area contributed by atoms with Crippen molar-refractivity contribution in [3.63, 3.8) is 0 Å². The van der Waals surface area contributed by atoms with Gasteiger partial charge in [-0.15, -0.1) is 0 Å². The number of para-hydroxylation sites is 1. The number of rotatable bonds is 5. The van der Waals surface area contributed by atoms with E-state index in [1.165, 1.54) is 5.56 Å². The molecule has 1 atom stereocenters. The average Bonchev–Trinajstić information content (AvgIpc) is 2.59. The third-order valence-corrected chi connectivity index (χ3v) is 3.67. The van der Waals surface area contributed by atoms with Gasteiger partial charge in [0.05, 0.1) is 20.8 Å². The van der Waals surface area contributed by atoms with Crippen LogP contribution in [0.5, 0.6) is 17.4 Å². The number of ether oxygens (including phenoxy) is 3. The van der Waals surface area contributed by atoms with E-state index in [1.807, 2.05) is 12.1 Å². The third kappa shape index (κ3) is 2.90. The minimum absolute atomic E-state index is 0.353. The second-order valence-electron chi connectivity index (χ2n) is 5.12. The Morgan fingerprint density at radius 2 is 2.09 bits per heavy atom. The summed E-state index contributed by atoms with van der Waals surface area (Å²) in [4.78, 5) is 8.37. The van der Waals surface area contributed by atoms with Crippen LogP contribution in [0, 0.1) is 5.92 Å². The van der Waals surface area contributed by atoms with E-state index in [4.69, 9.17) is 14.2 Å². The lowest BCUT2D eigenvalue weighted by Crippen LogP contribution is -2.27. The Balaban J connectivity index is 1.66. The van der Waals surface area contributed by atoms with Crippen molar-refractivity contribution in [1.82, 2.24) is 9.97 Å². The van der Waals surface area contributed by atoms with Crippen molar-refractivity contribution >= 4 is 5.82 Å². The first-order valence-electron chi connectivity index (χ1n) is 7.19. The standard InChI is InChI=1S/C16H19N3O3/c1-20-13-5-3-4-12-8-11(10-22-14(12)13)9-19-15-16(21-2)18-7-6-17-15/h3-7,11H,8-10H2,1-2H3,(H,17,19)/t11-/m0/s1. The monoisotopic (exact) mass is 301 g/mol. The van der Waals surface area contributed by atoms with Gasteiger partial charge in [-0.05, 0) is 18.1 Å². The van der Waals surface area contributed by atoms with E-state index in [0.29, 0.717) is 24.2 Å². The molecule has 0 unspecified atom stereocenters. The fourth-order valence-electron chi connectivity index (χ4n) is 2.59. The molecule has 6 heteroatoms. The summed E-state index contributed by atoms with van der Waals surface area (Å²) in [5, 5.41) is 3.28. The summed E-state index contributed by atoms with van der Waals surface area (Å²) in [6.45, 7) is 1.38. The molecular weight excluding hydrogens is 282 g/mol. The van der Waals surface area contributed by atoms with Crippen molar-refractivity contribution in [3.8, 4) is 17.4 Å². The topological polar surface area (TPSA) is 65.5 Å². The zero-order chi connectivity index (χ0) is 15.4. The van der Waals surface area contributed by atoms with Crippen LogP contribution in [-0.4, -0.2) is 37.3 Å². The summed E-state index contributed by atoms with van der Waals surface area (Å²) in [5.74, 6) is 3.16. The largest absolute Gasteiger partial charge is 0.493 e. The smallest absolute Gasteiger partial charge is 0.257 e. The maximum atomic E-state index is 5.87. The van der Waals surface area contributed by atoms with Crippen molar-refractivity contribution in [2.24, 2.45) is 5.92 Å². The molecule has 2 heterocycles. The molecule has 0 spiro atoms. The van der Waals surface area contributed by atoms with Gasteiger partial charge in [0.25, 0.3) is 5.88 Å². The van der Waals surface area contributed by atoms with E-state index in [0.717, 1.165) is 24.5 Å². The predicted molar refractivity (Wildman–Crippen MR) is 82.8 cm³/mol. The molecule has 1 aliphatic rings. The summed E-state index contributed by atoms with van der Waals surface area (Å²) in [6, 6.07) is 5.98. The quantitative estimate of drug-likeness (QED) is 0.913. The number of fused-ring (bicyclic) bond motifs is 1. The van der Waals surface area contributed by atoms with E-state index in [2.05, 4.69) is 21.4 Å². The van der Waals surface area contributed by atoms with E-state index in [9.17, 15) is 0 Å². The van der Waals surface area contributed by atoms with Crippen molar-refractivity contribution < 1.29 is 14.2 Å². The number of hydrogen-bond donors (Lipinski definition) is 1. The molecule has 0 saturated heterocycles. The van der Waals surface area contributed by atoms with Crippen LogP contribution >= 0.6 is 0 Å². The van der Waals surface area contributed by atoms with Gasteiger partial charge in [0.1, 0.15) is 0 Å². The molecule has 0 saturated carbocycles. The Hall–Kier alpha value is -2.50. The summed E-state index contributed by atoms with van der Waals surface area (Å²) in [6.07, 6.45) is 4.18. The molecule has 0 aliphatic carbocycles. The highest BCUT2D eigenvalue weighted by Crippen LogP contribution is 2.36. The average molecular weight is 301 g/mol. The van der Waals surface area contributed by atoms with Crippen LogP contribution < -0.4 is 19.5 Å². The number of nitrogens with zero attached hydrogens (tertiary/aromatic N) is 2. The Morgan fingerprint density at radius 1 is 1.23 bits per heavy atom. The number of methoxy groups -OCH3 is 2. The Labute approximate surface area is 129 Å². The second kappa shape index (κ2) is 6.51. The van der Waals surface area contributed by atoms with E-state index in [-0.39, 0.29) is 0 Å². The third-order valence-electron chi connectivity index (χ3n) is 3.67. The zero-order valence-electron chi connectivity index (χ0n) is 12.7. The van der Waals surface area contributed by atoms with Gasteiger partial charge in [0.2, 0.25) is 0 Å². The fraction of sp³-hybridized carbons (Fsp3) is 0.375. The van der Waals surface area contributed by atoms with E-state index >= 15 is 0 Å². The van der Waals surface area contributed by atoms with Gasteiger partial charge in [-0.1, -0.05) is 12.1 Å². The normalized spacial score (nSPS) is 16.4. The molecule has 22 heavy (non-hydrogen) atoms. The van der Waals surface area contributed by atoms with Crippen LogP contribution in [0.1, 0.15) is 5.56 Å². The van der Waals surface area contributed by atoms with Crippen LogP contribution in [0.3, 0.4) is 0 Å². The highest BCUT2D eigenvalue weighted by atomic mass is 16.5. The van der Waals surface area contributed by atoms with Crippen molar-refractivity contribution in [1.29, 1.82) is 0 Å². The summed E-state index contributed by atoms with van der Waals surface area (Å²) < 4.78 is 16.4. The van der Waals surface area contributed by atoms with Gasteiger partial charge < -0.3 is 19.5 Å². The maximum absolute atomic E-state index is 5.87. The fourth-order valence-corrected chi connectivity index (χ4v) is 2.59. The van der Waals surface area contributed by atoms with E-state index in [1.54, 1.807) is 26.6 Å². The lowest BCUT2D eigenvalue weighted by Gasteiger charge is -2.26. The highest BCUT2D eigenvalue weighted by Gasteiger charge is 2.23. The lowest BCUT2D eigenvalue weighted by atomic mass is 9.96. The highest BCUT2D eigenvalue weighted by molar-refractivity contribution is 5.48. The van der Waals surface area contributed by atoms with Gasteiger partial charge in [-0.25, -0.2) is 9.97 Å². The molecule has 1 aromatic carbocycles. The maximum Gasteiger partial charge on any atom is 0.257 e. The number of anilines is 1. The van der Waals surface area contributed by atoms with Gasteiger partial charge >= 0.3 is 0 Å². The summed E-state index contributed by atoms with van der Waals surface area (Å²) in [7, 11) is 3.24. The molecule has 116 valence electrons. The van der Waals surface area contributed by atoms with Gasteiger partial charge in [0, 0.05) is 24.9 Å². The number of benzene rings is 1. The molecular formula is C16H19N3O3. The van der Waals surface area contributed by atoms with Crippen molar-refractivity contribution in [2.75, 3.05) is 32.7 Å². The molecule has 1 aliphatic heterocycles. The van der Waals surface area contributed by atoms with Crippen LogP contribution in [0.2, 0.25) is 0 Å². The lowest BCUT2D eigenvalue weighted by molar-refractivity contribution is 0.218. The molecule has 0 fully saturated rings. The van der Waals surface area contributed by atoms with Crippen molar-refractivity contribution in [3.05, 3.63) is 36.2 Å². The van der Waals surface area contributed by atoms with Gasteiger partial charge in [0.15, 0.2) is 17.3 Å². The van der Waals surface area contributed by atoms with E-state index < -0.39 is 0 Å². The first-order valence-corrected chi connectivity index (χ1v) is 7.19. The van der Waals surface area contributed by atoms with Crippen LogP contribution in [-0.2, 0) is 6.42 Å². The first kappa shape index (κ1) is 14.4. The summed E-state index contributed by atoms with van der Waals surface area (Å²) >= 11 is 0. The SMILES string of the molecule is COc1cccc2c1OC[C@H](CNc1nccnc1OC)C2. The number of aromatic nitrogens is 2. The van der Waals surface area contributed by atoms with Gasteiger partial charge in [-0.3, -0.25) is 0 Å². The molecule has 0 radical (unpaired) electrons. The Bertz CT molecular complexity index is 648. The molecule has 6 nitrogen and oxygen atoms in total. The minimum atomic E-state index is 0.353. The Morgan fingerprint density at radius 3 is 2.91 bits per heavy atom. The molecule has 0 bridgehead atoms. The molecule has 0 amide bonds. The van der Waals surface area contributed by atoms with Crippen molar-refractivity contribution in [2.45, 2.75) is 6.42 Å². The van der Waals surface area contributed by atoms with Crippen LogP contribution in [0.4, 0.5) is 5.82 Å². The minimum Gasteiger partial charge on any atom is -0.493 e. The molecule has 1 N–H and O–H groups in total. The second-order valence-corrected chi connectivity index (χ2v) is 5.12. The Kier molecular flexibility index (Phi) is 4.27. The van der Waals surface area contributed by atoms with Crippen LogP contribution in [0.25, 0.3) is 0 Å². The summed E-state index contributed by atoms with van der Waals surface area (Å²) in [5.41, 5.74) is 1.17. The van der Waals surface area contributed by atoms with Gasteiger partial charge in [-0.2, -0.15) is 0 Å².